The van der Waals surface area contributed by atoms with Crippen LogP contribution in [0.2, 0.25) is 0 Å². The highest BCUT2D eigenvalue weighted by Crippen LogP contribution is 2.33. The molecule has 5 nitrogen and oxygen atoms in total. The summed E-state index contributed by atoms with van der Waals surface area (Å²) in [4.78, 5) is 30.7. The summed E-state index contributed by atoms with van der Waals surface area (Å²) in [6.07, 6.45) is 2.72. The van der Waals surface area contributed by atoms with Gasteiger partial charge in [-0.25, -0.2) is 0 Å². The first-order chi connectivity index (χ1) is 15.3. The Morgan fingerprint density at radius 3 is 2.53 bits per heavy atom. The maximum Gasteiger partial charge on any atom is 0.417 e. The molecule has 1 N–H and O–H groups in total. The van der Waals surface area contributed by atoms with Crippen LogP contribution >= 0.6 is 0 Å². The van der Waals surface area contributed by atoms with E-state index >= 15 is 0 Å². The van der Waals surface area contributed by atoms with Crippen LogP contribution in [0.1, 0.15) is 57.7 Å². The average molecular weight is 443 g/mol. The van der Waals surface area contributed by atoms with Gasteiger partial charge in [-0.1, -0.05) is 31.1 Å². The third-order valence-corrected chi connectivity index (χ3v) is 5.85. The van der Waals surface area contributed by atoms with Crippen molar-refractivity contribution in [2.75, 3.05) is 19.6 Å². The summed E-state index contributed by atoms with van der Waals surface area (Å²) in [5.74, 6) is -0.0377. The summed E-state index contributed by atoms with van der Waals surface area (Å²) in [7, 11) is 0. The molecule has 1 aromatic heterocycles. The first-order valence-electron chi connectivity index (χ1n) is 10.7. The fourth-order valence-electron chi connectivity index (χ4n) is 3.79. The van der Waals surface area contributed by atoms with E-state index < -0.39 is 17.6 Å². The predicted octanol–water partition coefficient (Wildman–Crippen LogP) is 4.56. The number of hydrogen-bond donors (Lipinski definition) is 1. The van der Waals surface area contributed by atoms with E-state index in [1.165, 1.54) is 42.1 Å². The Morgan fingerprint density at radius 1 is 1.12 bits per heavy atom. The molecule has 2 amide bonds. The highest BCUT2D eigenvalue weighted by molar-refractivity contribution is 5.96. The zero-order valence-electron chi connectivity index (χ0n) is 17.5. The number of benzene rings is 1. The number of hydrogen-bond acceptors (Lipinski definition) is 3. The van der Waals surface area contributed by atoms with Gasteiger partial charge in [-0.05, 0) is 48.6 Å². The molecule has 0 atom stereocenters. The van der Waals surface area contributed by atoms with Crippen molar-refractivity contribution >= 4 is 17.4 Å². The zero-order valence-corrected chi connectivity index (χ0v) is 17.5. The number of pyridine rings is 1. The number of aromatic nitrogens is 1. The van der Waals surface area contributed by atoms with Gasteiger partial charge in [0.25, 0.3) is 11.8 Å². The molecule has 1 aliphatic heterocycles. The Bertz CT molecular complexity index is 1030. The molecule has 0 unspecified atom stereocenters. The van der Waals surface area contributed by atoms with Crippen molar-refractivity contribution in [1.29, 1.82) is 0 Å². The minimum Gasteiger partial charge on any atom is -0.352 e. The number of amides is 2. The van der Waals surface area contributed by atoms with Crippen LogP contribution < -0.4 is 5.32 Å². The highest BCUT2D eigenvalue weighted by Gasteiger charge is 2.36. The van der Waals surface area contributed by atoms with Crippen molar-refractivity contribution in [3.63, 3.8) is 0 Å². The standard InChI is InChI=1S/C24H24F3N3O2/c25-24(26,27)20-4-2-1-3-19(20)23(32)30-13-10-17(11-14-30)21-8-7-18(15-29-21)22(31)28-12-9-16-5-6-16/h1-4,7-8,10,15-16H,5-6,9,11-14H2,(H,28,31). The molecule has 32 heavy (non-hydrogen) atoms. The van der Waals surface area contributed by atoms with Crippen LogP contribution in [0.25, 0.3) is 5.57 Å². The molecular weight excluding hydrogens is 419 g/mol. The molecule has 2 aromatic rings. The minimum atomic E-state index is -4.58. The molecule has 2 heterocycles. The van der Waals surface area contributed by atoms with E-state index in [1.54, 1.807) is 18.2 Å². The van der Waals surface area contributed by atoms with Gasteiger partial charge in [0.05, 0.1) is 22.4 Å². The summed E-state index contributed by atoms with van der Waals surface area (Å²) in [5.41, 5.74) is 0.821. The second kappa shape index (κ2) is 9.14. The molecule has 0 spiro atoms. The number of carbonyl (C=O) groups excluding carboxylic acids is 2. The first-order valence-corrected chi connectivity index (χ1v) is 10.7. The van der Waals surface area contributed by atoms with Crippen LogP contribution in [0, 0.1) is 5.92 Å². The van der Waals surface area contributed by atoms with E-state index in [2.05, 4.69) is 10.3 Å². The molecule has 0 radical (unpaired) electrons. The van der Waals surface area contributed by atoms with Crippen LogP contribution in [0.4, 0.5) is 13.2 Å². The van der Waals surface area contributed by atoms with Crippen molar-refractivity contribution in [2.24, 2.45) is 5.92 Å². The summed E-state index contributed by atoms with van der Waals surface area (Å²) < 4.78 is 39.7. The van der Waals surface area contributed by atoms with Crippen molar-refractivity contribution in [1.82, 2.24) is 15.2 Å². The van der Waals surface area contributed by atoms with Gasteiger partial charge in [-0.2, -0.15) is 13.2 Å². The van der Waals surface area contributed by atoms with Crippen LogP contribution in [0.15, 0.2) is 48.7 Å². The SMILES string of the molecule is O=C(NCCC1CC1)c1ccc(C2=CCN(C(=O)c3ccccc3C(F)(F)F)CC2)nc1. The Morgan fingerprint density at radius 2 is 1.91 bits per heavy atom. The van der Waals surface area contributed by atoms with Crippen LogP contribution in [0.3, 0.4) is 0 Å². The lowest BCUT2D eigenvalue weighted by Gasteiger charge is -2.27. The van der Waals surface area contributed by atoms with Crippen LogP contribution in [-0.4, -0.2) is 41.3 Å². The van der Waals surface area contributed by atoms with Crippen LogP contribution in [0.5, 0.6) is 0 Å². The van der Waals surface area contributed by atoms with E-state index in [0.717, 1.165) is 24.0 Å². The van der Waals surface area contributed by atoms with Gasteiger partial charge >= 0.3 is 6.18 Å². The Balaban J connectivity index is 1.38. The Labute approximate surface area is 184 Å². The summed E-state index contributed by atoms with van der Waals surface area (Å²) in [6, 6.07) is 8.31. The van der Waals surface area contributed by atoms with Gasteiger partial charge in [0.1, 0.15) is 0 Å². The van der Waals surface area contributed by atoms with E-state index in [9.17, 15) is 22.8 Å². The monoisotopic (exact) mass is 443 g/mol. The van der Waals surface area contributed by atoms with E-state index in [4.69, 9.17) is 0 Å². The van der Waals surface area contributed by atoms with Gasteiger partial charge in [0, 0.05) is 25.8 Å². The fraction of sp³-hybridized carbons (Fsp3) is 0.375. The van der Waals surface area contributed by atoms with E-state index in [-0.39, 0.29) is 18.0 Å². The van der Waals surface area contributed by atoms with Gasteiger partial charge in [-0.3, -0.25) is 14.6 Å². The van der Waals surface area contributed by atoms with Gasteiger partial charge < -0.3 is 10.2 Å². The summed E-state index contributed by atoms with van der Waals surface area (Å²) in [6.45, 7) is 1.16. The molecule has 8 heteroatoms. The van der Waals surface area contributed by atoms with Gasteiger partial charge in [0.2, 0.25) is 0 Å². The molecule has 0 saturated heterocycles. The van der Waals surface area contributed by atoms with E-state index in [1.807, 2.05) is 0 Å². The molecule has 1 aliphatic carbocycles. The number of nitrogens with one attached hydrogen (secondary N) is 1. The third kappa shape index (κ3) is 5.18. The zero-order chi connectivity index (χ0) is 22.7. The lowest BCUT2D eigenvalue weighted by atomic mass is 10.0. The van der Waals surface area contributed by atoms with Crippen molar-refractivity contribution in [3.8, 4) is 0 Å². The molecule has 0 bridgehead atoms. The average Bonchev–Trinajstić information content (AvgIpc) is 3.63. The smallest absolute Gasteiger partial charge is 0.352 e. The molecule has 168 valence electrons. The summed E-state index contributed by atoms with van der Waals surface area (Å²) in [5, 5.41) is 2.90. The lowest BCUT2D eigenvalue weighted by molar-refractivity contribution is -0.138. The fourth-order valence-corrected chi connectivity index (χ4v) is 3.79. The predicted molar refractivity (Wildman–Crippen MR) is 114 cm³/mol. The number of alkyl halides is 3. The quantitative estimate of drug-likeness (QED) is 0.712. The van der Waals surface area contributed by atoms with Gasteiger partial charge in [-0.15, -0.1) is 0 Å². The normalized spacial score (nSPS) is 16.5. The molecular formula is C24H24F3N3O2. The van der Waals surface area contributed by atoms with Gasteiger partial charge in [0.15, 0.2) is 0 Å². The lowest BCUT2D eigenvalue weighted by Crippen LogP contribution is -2.35. The second-order valence-electron chi connectivity index (χ2n) is 8.19. The van der Waals surface area contributed by atoms with Crippen molar-refractivity contribution in [2.45, 2.75) is 31.9 Å². The van der Waals surface area contributed by atoms with E-state index in [0.29, 0.717) is 30.8 Å². The minimum absolute atomic E-state index is 0.151. The van der Waals surface area contributed by atoms with Crippen LogP contribution in [-0.2, 0) is 6.18 Å². The largest absolute Gasteiger partial charge is 0.417 e. The highest BCUT2D eigenvalue weighted by atomic mass is 19.4. The topological polar surface area (TPSA) is 62.3 Å². The first kappa shape index (κ1) is 22.0. The molecule has 1 aromatic carbocycles. The molecule has 2 aliphatic rings. The maximum atomic E-state index is 13.2. The summed E-state index contributed by atoms with van der Waals surface area (Å²) >= 11 is 0. The number of nitrogens with zero attached hydrogens (tertiary/aromatic N) is 2. The molecule has 1 fully saturated rings. The molecule has 1 saturated carbocycles. The third-order valence-electron chi connectivity index (χ3n) is 5.85. The van der Waals surface area contributed by atoms with Crippen molar-refractivity contribution < 1.29 is 22.8 Å². The van der Waals surface area contributed by atoms with Crippen molar-refractivity contribution in [3.05, 3.63) is 71.1 Å². The maximum absolute atomic E-state index is 13.2. The Hall–Kier alpha value is -3.16. The number of rotatable bonds is 6. The number of halogens is 3. The molecule has 4 rings (SSSR count). The second-order valence-corrected chi connectivity index (χ2v) is 8.19. The number of carbonyl (C=O) groups is 2. The Kier molecular flexibility index (Phi) is 6.30.